The standard InChI is InChI=1S/2C10H7NO8S2.3Zn/c2*12-10-8(21(17,18)19)4-5-3-6(20(14,15)16)1-2-7(5)9(10)11-13;;;/h2*1-4,12H,(H,14,15,16)(H,17,18,19);;;/q;;3*+2/p-6. The predicted molar refractivity (Wildman–Crippen MR) is 130 cm³/mol. The van der Waals surface area contributed by atoms with Gasteiger partial charge in [-0.25, -0.2) is 33.7 Å². The summed E-state index contributed by atoms with van der Waals surface area (Å²) in [6.07, 6.45) is 0. The third-order valence-corrected chi connectivity index (χ3v) is 8.65. The molecule has 0 unspecified atom stereocenters. The summed E-state index contributed by atoms with van der Waals surface area (Å²) in [5.41, 5.74) is -1.70. The quantitative estimate of drug-likeness (QED) is 0.142. The summed E-state index contributed by atoms with van der Waals surface area (Å²) in [4.78, 5) is 17.4. The molecule has 0 amide bonds. The summed E-state index contributed by atoms with van der Waals surface area (Å²) in [5, 5.41) is 27.3. The van der Waals surface area contributed by atoms with Crippen molar-refractivity contribution in [1.82, 2.24) is 0 Å². The zero-order chi connectivity index (χ0) is 32.0. The number of fused-ring (bicyclic) bond motifs is 2. The Balaban J connectivity index is 0.000000807. The van der Waals surface area contributed by atoms with Gasteiger partial charge in [-0.3, -0.25) is 0 Å². The largest absolute Gasteiger partial charge is 2.00 e. The van der Waals surface area contributed by atoms with Crippen LogP contribution in [0.1, 0.15) is 0 Å². The molecule has 0 aliphatic heterocycles. The maximum atomic E-state index is 11.7. The van der Waals surface area contributed by atoms with Gasteiger partial charge in [0.25, 0.3) is 0 Å². The maximum absolute atomic E-state index is 11.7. The molecule has 0 saturated carbocycles. The first kappa shape index (κ1) is 42.7. The molecule has 0 N–H and O–H groups in total. The van der Waals surface area contributed by atoms with Crippen molar-refractivity contribution < 1.29 is 121 Å². The molecule has 0 bridgehead atoms. The molecule has 0 aliphatic carbocycles. The Morgan fingerprint density at radius 2 is 0.756 bits per heavy atom. The molecule has 0 heterocycles. The van der Waals surface area contributed by atoms with E-state index in [0.29, 0.717) is 12.1 Å². The van der Waals surface area contributed by atoms with Crippen molar-refractivity contribution in [3.63, 3.8) is 0 Å². The Labute approximate surface area is 291 Å². The van der Waals surface area contributed by atoms with Crippen LogP contribution in [0.5, 0.6) is 11.5 Å². The van der Waals surface area contributed by atoms with Crippen LogP contribution in [-0.4, -0.2) is 51.9 Å². The van der Waals surface area contributed by atoms with Crippen LogP contribution < -0.4 is 10.2 Å². The van der Waals surface area contributed by atoms with Crippen LogP contribution in [0.2, 0.25) is 0 Å². The molecule has 4 rings (SSSR count). The Morgan fingerprint density at radius 1 is 0.467 bits per heavy atom. The molecule has 0 aliphatic rings. The SMILES string of the molecule is O=Nc1c([O-])c(S(=O)(=O)[O-])cc2cc(S(=O)(=O)[O-])ccc12.O=Nc1c([O-])c(S(=O)(=O)[O-])cc2cc(S(=O)(=O)[O-])ccc12.[Zn+2].[Zn+2].[Zn+2]. The molecule has 0 atom stereocenters. The van der Waals surface area contributed by atoms with Gasteiger partial charge in [-0.05, 0) is 57.5 Å². The summed E-state index contributed by atoms with van der Waals surface area (Å²) in [7, 11) is -20.1. The second kappa shape index (κ2) is 15.1. The van der Waals surface area contributed by atoms with E-state index in [0.717, 1.165) is 36.4 Å². The molecule has 4 aromatic rings. The van der Waals surface area contributed by atoms with Crippen molar-refractivity contribution in [1.29, 1.82) is 0 Å². The van der Waals surface area contributed by atoms with Crippen LogP contribution in [-0.2, 0) is 98.9 Å². The van der Waals surface area contributed by atoms with Crippen LogP contribution in [0.15, 0.2) is 78.5 Å². The first-order valence-corrected chi connectivity index (χ1v) is 15.8. The molecule has 18 nitrogen and oxygen atoms in total. The second-order valence-electron chi connectivity index (χ2n) is 7.87. The summed E-state index contributed by atoms with van der Waals surface area (Å²) in [6.45, 7) is 0. The molecule has 45 heavy (non-hydrogen) atoms. The van der Waals surface area contributed by atoms with E-state index >= 15 is 0 Å². The molecule has 0 radical (unpaired) electrons. The summed E-state index contributed by atoms with van der Waals surface area (Å²) in [5.74, 6) is -2.77. The van der Waals surface area contributed by atoms with Crippen LogP contribution in [0, 0.1) is 9.81 Å². The third-order valence-electron chi connectivity index (χ3n) is 5.31. The zero-order valence-electron chi connectivity index (χ0n) is 21.8. The minimum Gasteiger partial charge on any atom is -0.870 e. The zero-order valence-corrected chi connectivity index (χ0v) is 34.0. The average molecular weight is 857 g/mol. The molecule has 0 spiro atoms. The first-order chi connectivity index (χ1) is 19.1. The summed E-state index contributed by atoms with van der Waals surface area (Å²) < 4.78 is 131. The molecule has 224 valence electrons. The van der Waals surface area contributed by atoms with Crippen LogP contribution in [0.3, 0.4) is 0 Å². The molecular formula is C20H8N2O16S4Zn3. The van der Waals surface area contributed by atoms with Crippen molar-refractivity contribution >= 4 is 73.4 Å². The van der Waals surface area contributed by atoms with E-state index in [1.807, 2.05) is 0 Å². The molecule has 0 saturated heterocycles. The van der Waals surface area contributed by atoms with Gasteiger partial charge in [0.05, 0.1) is 9.79 Å². The maximum Gasteiger partial charge on any atom is 2.00 e. The molecule has 0 fully saturated rings. The minimum atomic E-state index is -5.19. The summed E-state index contributed by atoms with van der Waals surface area (Å²) in [6, 6.07) is 6.29. The van der Waals surface area contributed by atoms with Crippen LogP contribution in [0.25, 0.3) is 21.5 Å². The van der Waals surface area contributed by atoms with Crippen LogP contribution in [0.4, 0.5) is 11.4 Å². The Morgan fingerprint density at radius 3 is 0.978 bits per heavy atom. The van der Waals surface area contributed by atoms with Crippen molar-refractivity contribution in [2.75, 3.05) is 0 Å². The smallest absolute Gasteiger partial charge is 0.870 e. The van der Waals surface area contributed by atoms with E-state index in [9.17, 15) is 71.9 Å². The molecule has 0 aromatic heterocycles. The second-order valence-corrected chi connectivity index (χ2v) is 13.3. The molecule has 25 heteroatoms. The number of benzene rings is 4. The number of rotatable bonds is 6. The van der Waals surface area contributed by atoms with E-state index in [-0.39, 0.29) is 80.0 Å². The normalized spacial score (nSPS) is 11.6. The fraction of sp³-hybridized carbons (Fsp3) is 0. The van der Waals surface area contributed by atoms with Gasteiger partial charge in [0.15, 0.2) is 0 Å². The molecule has 4 aromatic carbocycles. The summed E-state index contributed by atoms with van der Waals surface area (Å²) >= 11 is 0. The average Bonchev–Trinajstić information content (AvgIpc) is 2.85. The number of hydrogen-bond donors (Lipinski definition) is 0. The van der Waals surface area contributed by atoms with E-state index in [1.54, 1.807) is 0 Å². The van der Waals surface area contributed by atoms with Crippen molar-refractivity contribution in [3.05, 3.63) is 58.3 Å². The van der Waals surface area contributed by atoms with E-state index in [2.05, 4.69) is 10.4 Å². The first-order valence-electron chi connectivity index (χ1n) is 10.2. The fourth-order valence-electron chi connectivity index (χ4n) is 3.51. The molecular weight excluding hydrogens is 849 g/mol. The van der Waals surface area contributed by atoms with Gasteiger partial charge in [0.2, 0.25) is 0 Å². The van der Waals surface area contributed by atoms with Crippen molar-refractivity contribution in [3.8, 4) is 11.5 Å². The number of hydrogen-bond acceptors (Lipinski definition) is 18. The van der Waals surface area contributed by atoms with E-state index < -0.39 is 82.9 Å². The van der Waals surface area contributed by atoms with E-state index in [4.69, 9.17) is 0 Å². The van der Waals surface area contributed by atoms with Gasteiger partial charge in [0.1, 0.15) is 51.8 Å². The van der Waals surface area contributed by atoms with Gasteiger partial charge in [-0.15, -0.1) is 9.81 Å². The number of nitroso groups, excluding NO2 is 2. The van der Waals surface area contributed by atoms with Crippen molar-refractivity contribution in [2.24, 2.45) is 10.4 Å². The number of nitrogens with zero attached hydrogens (tertiary/aromatic N) is 2. The third kappa shape index (κ3) is 9.39. The topological polar surface area (TPSA) is 334 Å². The van der Waals surface area contributed by atoms with Gasteiger partial charge in [-0.2, -0.15) is 0 Å². The minimum absolute atomic E-state index is 0. The van der Waals surface area contributed by atoms with Gasteiger partial charge in [0, 0.05) is 20.6 Å². The monoisotopic (exact) mass is 852 g/mol. The van der Waals surface area contributed by atoms with E-state index in [1.165, 1.54) is 0 Å². The van der Waals surface area contributed by atoms with Gasteiger partial charge >= 0.3 is 58.4 Å². The Bertz CT molecular complexity index is 2100. The van der Waals surface area contributed by atoms with Crippen molar-refractivity contribution in [2.45, 2.75) is 19.6 Å². The Hall–Kier alpha value is -2.29. The fourth-order valence-corrected chi connectivity index (χ4v) is 5.71. The Kier molecular flexibility index (Phi) is 14.3. The predicted octanol–water partition coefficient (Wildman–Crippen LogP) is 0.232. The van der Waals surface area contributed by atoms with Crippen LogP contribution >= 0.6 is 0 Å². The van der Waals surface area contributed by atoms with Gasteiger partial charge < -0.3 is 28.4 Å². The van der Waals surface area contributed by atoms with Gasteiger partial charge in [-0.1, -0.05) is 23.6 Å².